The Kier molecular flexibility index (Phi) is 5.31. The number of benzene rings is 1. The Hall–Kier alpha value is -1.84. The minimum Gasteiger partial charge on any atom is -0.481 e. The second-order valence-corrected chi connectivity index (χ2v) is 6.40. The average Bonchev–Trinajstić information content (AvgIpc) is 2.25. The average molecular weight is 277 g/mol. The van der Waals surface area contributed by atoms with E-state index in [0.717, 1.165) is 5.56 Å². The van der Waals surface area contributed by atoms with Crippen LogP contribution >= 0.6 is 0 Å². The van der Waals surface area contributed by atoms with E-state index in [-0.39, 0.29) is 23.8 Å². The number of aliphatic carboxylic acids is 1. The molecular weight excluding hydrogens is 254 g/mol. The zero-order valence-corrected chi connectivity index (χ0v) is 12.6. The van der Waals surface area contributed by atoms with E-state index in [9.17, 15) is 9.59 Å². The van der Waals surface area contributed by atoms with Gasteiger partial charge in [0.05, 0.1) is 6.42 Å². The highest BCUT2D eigenvalue weighted by atomic mass is 16.4. The number of carbonyl (C=O) groups excluding carboxylic acids is 1. The van der Waals surface area contributed by atoms with Crippen molar-refractivity contribution in [2.24, 2.45) is 5.41 Å². The van der Waals surface area contributed by atoms with Gasteiger partial charge in [0.2, 0.25) is 0 Å². The molecule has 1 rings (SSSR count). The molecule has 0 saturated carbocycles. The Morgan fingerprint density at radius 2 is 1.95 bits per heavy atom. The van der Waals surface area contributed by atoms with Crippen molar-refractivity contribution in [1.29, 1.82) is 0 Å². The maximum Gasteiger partial charge on any atom is 0.305 e. The SMILES string of the molecule is Cc1cccc(C(=O)NC(CC(=O)O)CC(C)(C)C)c1. The van der Waals surface area contributed by atoms with Crippen LogP contribution in [0.2, 0.25) is 0 Å². The van der Waals surface area contributed by atoms with Gasteiger partial charge in [-0.25, -0.2) is 0 Å². The van der Waals surface area contributed by atoms with Gasteiger partial charge in [0, 0.05) is 11.6 Å². The summed E-state index contributed by atoms with van der Waals surface area (Å²) in [6.07, 6.45) is 0.561. The first-order valence-electron chi connectivity index (χ1n) is 6.77. The zero-order valence-electron chi connectivity index (χ0n) is 12.6. The molecule has 0 aliphatic rings. The van der Waals surface area contributed by atoms with Crippen LogP contribution in [-0.2, 0) is 4.79 Å². The highest BCUT2D eigenvalue weighted by molar-refractivity contribution is 5.94. The van der Waals surface area contributed by atoms with Gasteiger partial charge in [0.25, 0.3) is 5.91 Å². The Morgan fingerprint density at radius 1 is 1.30 bits per heavy atom. The molecule has 1 aromatic carbocycles. The monoisotopic (exact) mass is 277 g/mol. The smallest absolute Gasteiger partial charge is 0.305 e. The van der Waals surface area contributed by atoms with Crippen LogP contribution in [0, 0.1) is 12.3 Å². The second kappa shape index (κ2) is 6.55. The first-order chi connectivity index (χ1) is 9.17. The number of carbonyl (C=O) groups is 2. The molecule has 0 aliphatic heterocycles. The lowest BCUT2D eigenvalue weighted by Gasteiger charge is -2.25. The van der Waals surface area contributed by atoms with Crippen molar-refractivity contribution < 1.29 is 14.7 Å². The fourth-order valence-corrected chi connectivity index (χ4v) is 2.18. The van der Waals surface area contributed by atoms with Crippen LogP contribution in [0.5, 0.6) is 0 Å². The molecule has 1 amide bonds. The van der Waals surface area contributed by atoms with E-state index in [2.05, 4.69) is 5.32 Å². The van der Waals surface area contributed by atoms with Crippen molar-refractivity contribution in [3.05, 3.63) is 35.4 Å². The van der Waals surface area contributed by atoms with Crippen LogP contribution in [0.4, 0.5) is 0 Å². The largest absolute Gasteiger partial charge is 0.481 e. The van der Waals surface area contributed by atoms with Gasteiger partial charge in [-0.05, 0) is 30.9 Å². The van der Waals surface area contributed by atoms with Crippen LogP contribution in [0.1, 0.15) is 49.5 Å². The summed E-state index contributed by atoms with van der Waals surface area (Å²) >= 11 is 0. The van der Waals surface area contributed by atoms with E-state index < -0.39 is 5.97 Å². The molecule has 0 bridgehead atoms. The molecule has 20 heavy (non-hydrogen) atoms. The molecule has 0 aromatic heterocycles. The summed E-state index contributed by atoms with van der Waals surface area (Å²) < 4.78 is 0. The first-order valence-corrected chi connectivity index (χ1v) is 6.77. The molecule has 0 fully saturated rings. The summed E-state index contributed by atoms with van der Waals surface area (Å²) in [7, 11) is 0. The summed E-state index contributed by atoms with van der Waals surface area (Å²) in [5, 5.41) is 11.8. The maximum atomic E-state index is 12.2. The predicted octanol–water partition coefficient (Wildman–Crippen LogP) is 3.00. The summed E-state index contributed by atoms with van der Waals surface area (Å²) in [6.45, 7) is 8.00. The third-order valence-electron chi connectivity index (χ3n) is 2.90. The Labute approximate surface area is 120 Å². The lowest BCUT2D eigenvalue weighted by Crippen LogP contribution is -2.39. The second-order valence-electron chi connectivity index (χ2n) is 6.40. The number of nitrogens with one attached hydrogen (secondary N) is 1. The normalized spacial score (nSPS) is 12.8. The number of carboxylic acid groups (broad SMARTS) is 1. The van der Waals surface area contributed by atoms with Gasteiger partial charge in [0.15, 0.2) is 0 Å². The van der Waals surface area contributed by atoms with Crippen LogP contribution < -0.4 is 5.32 Å². The third kappa shape index (κ3) is 5.87. The van der Waals surface area contributed by atoms with Gasteiger partial charge in [0.1, 0.15) is 0 Å². The predicted molar refractivity (Wildman–Crippen MR) is 78.8 cm³/mol. The van der Waals surface area contributed by atoms with Gasteiger partial charge in [-0.15, -0.1) is 0 Å². The van der Waals surface area contributed by atoms with Gasteiger partial charge in [-0.3, -0.25) is 9.59 Å². The number of amides is 1. The van der Waals surface area contributed by atoms with Crippen molar-refractivity contribution in [1.82, 2.24) is 5.32 Å². The van der Waals surface area contributed by atoms with Crippen molar-refractivity contribution in [2.45, 2.75) is 46.6 Å². The molecule has 1 aromatic rings. The molecule has 1 unspecified atom stereocenters. The van der Waals surface area contributed by atoms with E-state index >= 15 is 0 Å². The van der Waals surface area contributed by atoms with Crippen molar-refractivity contribution in [3.8, 4) is 0 Å². The van der Waals surface area contributed by atoms with Gasteiger partial charge in [-0.2, -0.15) is 0 Å². The summed E-state index contributed by atoms with van der Waals surface area (Å²) in [4.78, 5) is 23.1. The summed E-state index contributed by atoms with van der Waals surface area (Å²) in [6, 6.07) is 6.91. The van der Waals surface area contributed by atoms with Gasteiger partial charge >= 0.3 is 5.97 Å². The number of rotatable bonds is 5. The van der Waals surface area contributed by atoms with Crippen LogP contribution in [0.25, 0.3) is 0 Å². The standard InChI is InChI=1S/C16H23NO3/c1-11-6-5-7-12(8-11)15(20)17-13(9-14(18)19)10-16(2,3)4/h5-8,13H,9-10H2,1-4H3,(H,17,20)(H,18,19). The highest BCUT2D eigenvalue weighted by Crippen LogP contribution is 2.22. The van der Waals surface area contributed by atoms with E-state index in [1.165, 1.54) is 0 Å². The van der Waals surface area contributed by atoms with Crippen LogP contribution in [-0.4, -0.2) is 23.0 Å². The van der Waals surface area contributed by atoms with Gasteiger partial charge < -0.3 is 10.4 Å². The van der Waals surface area contributed by atoms with E-state index in [4.69, 9.17) is 5.11 Å². The molecule has 1 atom stereocenters. The van der Waals surface area contributed by atoms with Crippen LogP contribution in [0.3, 0.4) is 0 Å². The fraction of sp³-hybridized carbons (Fsp3) is 0.500. The van der Waals surface area contributed by atoms with E-state index in [1.54, 1.807) is 12.1 Å². The third-order valence-corrected chi connectivity index (χ3v) is 2.90. The quantitative estimate of drug-likeness (QED) is 0.869. The maximum absolute atomic E-state index is 12.2. The van der Waals surface area contributed by atoms with E-state index in [1.807, 2.05) is 39.8 Å². The number of hydrogen-bond acceptors (Lipinski definition) is 2. The topological polar surface area (TPSA) is 66.4 Å². The molecule has 0 saturated heterocycles. The van der Waals surface area contributed by atoms with Crippen molar-refractivity contribution >= 4 is 11.9 Å². The molecule has 2 N–H and O–H groups in total. The zero-order chi connectivity index (χ0) is 15.3. The number of aryl methyl sites for hydroxylation is 1. The molecule has 4 nitrogen and oxygen atoms in total. The van der Waals surface area contributed by atoms with Crippen molar-refractivity contribution in [2.75, 3.05) is 0 Å². The first kappa shape index (κ1) is 16.2. The summed E-state index contributed by atoms with van der Waals surface area (Å²) in [5.74, 6) is -1.12. The molecular formula is C16H23NO3. The minimum absolute atomic E-state index is 0.0417. The molecule has 110 valence electrons. The Balaban J connectivity index is 2.78. The number of hydrogen-bond donors (Lipinski definition) is 2. The number of carboxylic acids is 1. The lowest BCUT2D eigenvalue weighted by atomic mass is 9.87. The molecule has 0 radical (unpaired) electrons. The molecule has 4 heteroatoms. The molecule has 0 aliphatic carbocycles. The van der Waals surface area contributed by atoms with Gasteiger partial charge in [-0.1, -0.05) is 38.5 Å². The summed E-state index contributed by atoms with van der Waals surface area (Å²) in [5.41, 5.74) is 1.53. The molecule has 0 spiro atoms. The fourth-order valence-electron chi connectivity index (χ4n) is 2.18. The van der Waals surface area contributed by atoms with E-state index in [0.29, 0.717) is 12.0 Å². The lowest BCUT2D eigenvalue weighted by molar-refractivity contribution is -0.137. The Morgan fingerprint density at radius 3 is 2.45 bits per heavy atom. The Bertz CT molecular complexity index is 489. The molecule has 0 heterocycles. The highest BCUT2D eigenvalue weighted by Gasteiger charge is 2.23. The minimum atomic E-state index is -0.899. The van der Waals surface area contributed by atoms with Crippen molar-refractivity contribution in [3.63, 3.8) is 0 Å². The van der Waals surface area contributed by atoms with Crippen LogP contribution in [0.15, 0.2) is 24.3 Å².